The molecule has 2 N–H and O–H groups in total. The lowest BCUT2D eigenvalue weighted by molar-refractivity contribution is -0.118. The van der Waals surface area contributed by atoms with E-state index >= 15 is 0 Å². The van der Waals surface area contributed by atoms with E-state index in [1.54, 1.807) is 29.2 Å². The first-order valence-corrected chi connectivity index (χ1v) is 10.7. The van der Waals surface area contributed by atoms with Crippen LogP contribution in [0.3, 0.4) is 0 Å². The van der Waals surface area contributed by atoms with E-state index in [2.05, 4.69) is 12.1 Å². The number of carbonyl (C=O) groups is 1. The summed E-state index contributed by atoms with van der Waals surface area (Å²) in [6.07, 6.45) is 0.938. The third-order valence-corrected chi connectivity index (χ3v) is 6.38. The molecule has 1 unspecified atom stereocenters. The first-order chi connectivity index (χ1) is 15.8. The van der Waals surface area contributed by atoms with E-state index in [0.717, 1.165) is 11.3 Å². The maximum absolute atomic E-state index is 13.6. The number of rotatable bonds is 2. The Labute approximate surface area is 191 Å². The van der Waals surface area contributed by atoms with Crippen LogP contribution in [0.2, 0.25) is 0 Å². The number of nitrogens with zero attached hydrogens (tertiary/aromatic N) is 3. The first-order valence-electron chi connectivity index (χ1n) is 10.7. The number of anilines is 1. The Kier molecular flexibility index (Phi) is 4.65. The number of nitrogens with two attached hydrogens (primary N) is 1. The molecule has 2 aromatic carbocycles. The van der Waals surface area contributed by atoms with Crippen molar-refractivity contribution < 1.29 is 14.3 Å². The normalized spacial score (nSPS) is 20.9. The van der Waals surface area contributed by atoms with Gasteiger partial charge in [-0.05, 0) is 41.7 Å². The number of fused-ring (bicyclic) bond motifs is 1. The van der Waals surface area contributed by atoms with Gasteiger partial charge in [0.1, 0.15) is 11.9 Å². The van der Waals surface area contributed by atoms with Gasteiger partial charge >= 0.3 is 0 Å². The summed E-state index contributed by atoms with van der Waals surface area (Å²) < 4.78 is 11.0. The average Bonchev–Trinajstić information content (AvgIpc) is 3.25. The fraction of sp³-hybridized carbons (Fsp3) is 0.269. The summed E-state index contributed by atoms with van der Waals surface area (Å²) in [6, 6.07) is 17.0. The van der Waals surface area contributed by atoms with Gasteiger partial charge < -0.3 is 15.2 Å². The number of Topliss-reactive ketones (excluding diaryl/α,β-unsaturated/α-hetero) is 1. The Bertz CT molecular complexity index is 1340. The Morgan fingerprint density at radius 3 is 2.58 bits per heavy atom. The van der Waals surface area contributed by atoms with Crippen molar-refractivity contribution in [2.24, 2.45) is 11.1 Å². The summed E-state index contributed by atoms with van der Waals surface area (Å²) in [7, 11) is 0. The van der Waals surface area contributed by atoms with E-state index in [1.807, 2.05) is 32.0 Å². The number of para-hydroxylation sites is 1. The van der Waals surface area contributed by atoms with Crippen molar-refractivity contribution in [3.8, 4) is 23.6 Å². The summed E-state index contributed by atoms with van der Waals surface area (Å²) in [6.45, 7) is 4.21. The number of ether oxygens (including phenoxy) is 2. The molecule has 2 aromatic rings. The van der Waals surface area contributed by atoms with Gasteiger partial charge in [0.05, 0.1) is 28.8 Å². The molecule has 5 rings (SSSR count). The Morgan fingerprint density at radius 1 is 1.06 bits per heavy atom. The molecule has 0 amide bonds. The van der Waals surface area contributed by atoms with Gasteiger partial charge in [-0.3, -0.25) is 9.69 Å². The van der Waals surface area contributed by atoms with Gasteiger partial charge in [-0.15, -0.1) is 0 Å². The molecule has 0 aromatic heterocycles. The van der Waals surface area contributed by atoms with Crippen LogP contribution in [0.1, 0.15) is 43.7 Å². The van der Waals surface area contributed by atoms with Crippen molar-refractivity contribution in [1.82, 2.24) is 0 Å². The zero-order valence-corrected chi connectivity index (χ0v) is 18.4. The van der Waals surface area contributed by atoms with Crippen LogP contribution < -0.4 is 20.1 Å². The molecule has 0 spiro atoms. The van der Waals surface area contributed by atoms with Crippen molar-refractivity contribution in [3.63, 3.8) is 0 Å². The second-order valence-electron chi connectivity index (χ2n) is 9.22. The molecule has 7 nitrogen and oxygen atoms in total. The molecular formula is C26H22N4O3. The predicted molar refractivity (Wildman–Crippen MR) is 121 cm³/mol. The lowest BCUT2D eigenvalue weighted by atomic mass is 9.68. The van der Waals surface area contributed by atoms with Crippen LogP contribution in [0.5, 0.6) is 11.5 Å². The maximum Gasteiger partial charge on any atom is 0.231 e. The highest BCUT2D eigenvalue weighted by atomic mass is 16.7. The van der Waals surface area contributed by atoms with E-state index in [9.17, 15) is 15.3 Å². The smallest absolute Gasteiger partial charge is 0.231 e. The van der Waals surface area contributed by atoms with Gasteiger partial charge in [-0.1, -0.05) is 32.0 Å². The quantitative estimate of drug-likeness (QED) is 0.747. The monoisotopic (exact) mass is 438 g/mol. The topological polar surface area (TPSA) is 112 Å². The van der Waals surface area contributed by atoms with E-state index < -0.39 is 5.92 Å². The number of hydrogen-bond donors (Lipinski definition) is 1. The molecule has 7 heteroatoms. The second kappa shape index (κ2) is 7.43. The van der Waals surface area contributed by atoms with Gasteiger partial charge in [0.2, 0.25) is 6.79 Å². The first kappa shape index (κ1) is 20.7. The number of nitriles is 2. The van der Waals surface area contributed by atoms with Crippen molar-refractivity contribution in [2.75, 3.05) is 11.7 Å². The van der Waals surface area contributed by atoms with E-state index in [-0.39, 0.29) is 29.4 Å². The second-order valence-corrected chi connectivity index (χ2v) is 9.22. The number of allylic oxidation sites excluding steroid dienone is 3. The number of hydrogen-bond acceptors (Lipinski definition) is 7. The van der Waals surface area contributed by atoms with Crippen LogP contribution in [0.4, 0.5) is 5.69 Å². The fourth-order valence-electron chi connectivity index (χ4n) is 4.97. The van der Waals surface area contributed by atoms with E-state index in [0.29, 0.717) is 41.2 Å². The van der Waals surface area contributed by atoms with Crippen LogP contribution in [0, 0.1) is 28.1 Å². The minimum atomic E-state index is -0.617. The van der Waals surface area contributed by atoms with Crippen LogP contribution in [0.25, 0.3) is 0 Å². The van der Waals surface area contributed by atoms with Crippen molar-refractivity contribution in [3.05, 3.63) is 76.3 Å². The third-order valence-electron chi connectivity index (χ3n) is 6.38. The molecule has 0 saturated carbocycles. The SMILES string of the molecule is CC1(C)CC(=O)C2=C(C1)N(c1ccccc1C#N)C(N)=C(C#N)C2c1ccc2c(c1)OCO2. The van der Waals surface area contributed by atoms with Gasteiger partial charge in [0.15, 0.2) is 17.3 Å². The Hall–Kier alpha value is -4.23. The summed E-state index contributed by atoms with van der Waals surface area (Å²) in [4.78, 5) is 15.3. The third kappa shape index (κ3) is 3.21. The molecule has 1 aliphatic carbocycles. The highest BCUT2D eigenvalue weighted by Crippen LogP contribution is 2.51. The molecule has 0 bridgehead atoms. The van der Waals surface area contributed by atoms with Crippen LogP contribution >= 0.6 is 0 Å². The summed E-state index contributed by atoms with van der Waals surface area (Å²) in [5.41, 5.74) is 9.63. The van der Waals surface area contributed by atoms with Gasteiger partial charge in [-0.2, -0.15) is 10.5 Å². The number of ketones is 1. The molecular weight excluding hydrogens is 416 g/mol. The van der Waals surface area contributed by atoms with E-state index in [4.69, 9.17) is 15.2 Å². The fourth-order valence-corrected chi connectivity index (χ4v) is 4.97. The number of carbonyl (C=O) groups excluding carboxylic acids is 1. The molecule has 0 fully saturated rings. The highest BCUT2D eigenvalue weighted by Gasteiger charge is 2.45. The Morgan fingerprint density at radius 2 is 1.82 bits per heavy atom. The van der Waals surface area contributed by atoms with Crippen LogP contribution in [-0.2, 0) is 4.79 Å². The summed E-state index contributed by atoms with van der Waals surface area (Å²) in [5.74, 6) is 0.788. The van der Waals surface area contributed by atoms with Gasteiger partial charge in [0.25, 0.3) is 0 Å². The van der Waals surface area contributed by atoms with Gasteiger partial charge in [-0.25, -0.2) is 0 Å². The standard InChI is InChI=1S/C26H22N4O3/c1-26(2)10-19-24(20(31)11-26)23(15-7-8-21-22(9-15)33-14-32-21)17(13-28)25(29)30(19)18-6-4-3-5-16(18)12-27/h3-9,23H,10-11,14,29H2,1-2H3. The molecule has 0 saturated heterocycles. The van der Waals surface area contributed by atoms with Gasteiger partial charge in [0, 0.05) is 17.7 Å². The van der Waals surface area contributed by atoms with Crippen molar-refractivity contribution >= 4 is 11.5 Å². The van der Waals surface area contributed by atoms with Crippen LogP contribution in [0.15, 0.2) is 65.1 Å². The molecule has 0 radical (unpaired) electrons. The molecule has 3 aliphatic rings. The largest absolute Gasteiger partial charge is 0.454 e. The maximum atomic E-state index is 13.6. The molecule has 2 aliphatic heterocycles. The molecule has 1 atom stereocenters. The minimum Gasteiger partial charge on any atom is -0.454 e. The lowest BCUT2D eigenvalue weighted by Gasteiger charge is -2.44. The average molecular weight is 438 g/mol. The zero-order valence-electron chi connectivity index (χ0n) is 18.4. The molecule has 2 heterocycles. The minimum absolute atomic E-state index is 0.0244. The lowest BCUT2D eigenvalue weighted by Crippen LogP contribution is -2.42. The summed E-state index contributed by atoms with van der Waals surface area (Å²) >= 11 is 0. The summed E-state index contributed by atoms with van der Waals surface area (Å²) in [5, 5.41) is 19.9. The number of benzene rings is 2. The molecule has 164 valence electrons. The molecule has 33 heavy (non-hydrogen) atoms. The predicted octanol–water partition coefficient (Wildman–Crippen LogP) is 4.23. The highest BCUT2D eigenvalue weighted by molar-refractivity contribution is 6.02. The van der Waals surface area contributed by atoms with E-state index in [1.165, 1.54) is 0 Å². The van der Waals surface area contributed by atoms with Crippen LogP contribution in [-0.4, -0.2) is 12.6 Å². The van der Waals surface area contributed by atoms with Crippen molar-refractivity contribution in [1.29, 1.82) is 10.5 Å². The zero-order chi connectivity index (χ0) is 23.3. The Balaban J connectivity index is 1.78. The van der Waals surface area contributed by atoms with Crippen molar-refractivity contribution in [2.45, 2.75) is 32.6 Å².